The average molecular weight is 442 g/mol. The van der Waals surface area contributed by atoms with Crippen molar-refractivity contribution < 1.29 is 14.7 Å². The fourth-order valence-corrected chi connectivity index (χ4v) is 3.97. The molecule has 0 aliphatic rings. The second-order valence-corrected chi connectivity index (χ2v) is 8.40. The summed E-state index contributed by atoms with van der Waals surface area (Å²) in [5.74, 6) is 0.109. The van der Waals surface area contributed by atoms with Crippen molar-refractivity contribution >= 4 is 40.0 Å². The van der Waals surface area contributed by atoms with E-state index in [9.17, 15) is 9.59 Å². The largest absolute Gasteiger partial charge is 0.392 e. The average Bonchev–Trinajstić information content (AvgIpc) is 3.25. The molecule has 0 saturated heterocycles. The number of amides is 2. The Bertz CT molecular complexity index is 975. The molecule has 0 saturated carbocycles. The van der Waals surface area contributed by atoms with Gasteiger partial charge in [0.25, 0.3) is 5.91 Å². The van der Waals surface area contributed by atoms with Crippen LogP contribution in [0.4, 0.5) is 5.13 Å². The summed E-state index contributed by atoms with van der Waals surface area (Å²) < 4.78 is 0. The van der Waals surface area contributed by atoms with Crippen LogP contribution in [0.5, 0.6) is 0 Å². The maximum absolute atomic E-state index is 12.8. The molecule has 30 heavy (non-hydrogen) atoms. The van der Waals surface area contributed by atoms with Crippen LogP contribution >= 0.6 is 23.1 Å². The molecule has 3 rings (SSSR count). The van der Waals surface area contributed by atoms with Gasteiger partial charge in [-0.15, -0.1) is 11.3 Å². The zero-order chi connectivity index (χ0) is 21.3. The van der Waals surface area contributed by atoms with Gasteiger partial charge in [0, 0.05) is 16.5 Å². The van der Waals surface area contributed by atoms with E-state index in [2.05, 4.69) is 15.6 Å². The minimum absolute atomic E-state index is 0.0839. The number of carbonyl (C=O) groups is 2. The summed E-state index contributed by atoms with van der Waals surface area (Å²) in [6.45, 7) is -0.0839. The molecule has 3 N–H and O–H groups in total. The number of carbonyl (C=O) groups excluding carboxylic acids is 2. The lowest BCUT2D eigenvalue weighted by molar-refractivity contribution is -0.118. The van der Waals surface area contributed by atoms with Crippen molar-refractivity contribution in [2.45, 2.75) is 19.1 Å². The predicted octanol–water partition coefficient (Wildman–Crippen LogP) is 3.79. The van der Waals surface area contributed by atoms with E-state index in [1.807, 2.05) is 42.0 Å². The fourth-order valence-electron chi connectivity index (χ4n) is 2.77. The monoisotopic (exact) mass is 441 g/mol. The second-order valence-electron chi connectivity index (χ2n) is 6.56. The Hall–Kier alpha value is -2.68. The standard InChI is InChI=1S/C22H23N3O3S2/c1-29-12-11-18(23-20(27)17-9-7-15(13-26)8-10-17)21(28)25-22-24-19(14-30-22)16-5-3-2-4-6-16/h2-10,14,18,26H,11-13H2,1H3,(H,23,27)(H,24,25,28). The molecule has 1 heterocycles. The smallest absolute Gasteiger partial charge is 0.251 e. The molecule has 1 unspecified atom stereocenters. The lowest BCUT2D eigenvalue weighted by Gasteiger charge is -2.17. The maximum atomic E-state index is 12.8. The summed E-state index contributed by atoms with van der Waals surface area (Å²) in [6.07, 6.45) is 2.46. The third-order valence-electron chi connectivity index (χ3n) is 4.44. The molecular formula is C22H23N3O3S2. The van der Waals surface area contributed by atoms with Gasteiger partial charge in [0.15, 0.2) is 5.13 Å². The molecular weight excluding hydrogens is 418 g/mol. The van der Waals surface area contributed by atoms with E-state index >= 15 is 0 Å². The molecule has 0 aliphatic heterocycles. The van der Waals surface area contributed by atoms with E-state index < -0.39 is 6.04 Å². The van der Waals surface area contributed by atoms with Crippen LogP contribution in [0.25, 0.3) is 11.3 Å². The first kappa shape index (κ1) is 22.0. The Kier molecular flexibility index (Phi) is 8.01. The zero-order valence-corrected chi connectivity index (χ0v) is 18.1. The number of nitrogens with zero attached hydrogens (tertiary/aromatic N) is 1. The molecule has 6 nitrogen and oxygen atoms in total. The van der Waals surface area contributed by atoms with Crippen LogP contribution in [0.2, 0.25) is 0 Å². The Morgan fingerprint density at radius 1 is 1.13 bits per heavy atom. The van der Waals surface area contributed by atoms with Crippen LogP contribution in [0.1, 0.15) is 22.3 Å². The van der Waals surface area contributed by atoms with E-state index in [-0.39, 0.29) is 18.4 Å². The maximum Gasteiger partial charge on any atom is 0.251 e. The highest BCUT2D eigenvalue weighted by Gasteiger charge is 2.22. The molecule has 0 radical (unpaired) electrons. The van der Waals surface area contributed by atoms with Gasteiger partial charge in [-0.3, -0.25) is 9.59 Å². The van der Waals surface area contributed by atoms with Crippen LogP contribution in [0, 0.1) is 0 Å². The third-order valence-corrected chi connectivity index (χ3v) is 5.84. The molecule has 0 bridgehead atoms. The van der Waals surface area contributed by atoms with Gasteiger partial charge in [-0.05, 0) is 36.1 Å². The minimum atomic E-state index is -0.674. The number of aliphatic hydroxyl groups excluding tert-OH is 1. The van der Waals surface area contributed by atoms with Crippen LogP contribution in [-0.4, -0.2) is 40.0 Å². The van der Waals surface area contributed by atoms with E-state index in [0.717, 1.165) is 22.6 Å². The number of thiazole rings is 1. The van der Waals surface area contributed by atoms with Crippen molar-refractivity contribution in [3.63, 3.8) is 0 Å². The topological polar surface area (TPSA) is 91.3 Å². The molecule has 0 fully saturated rings. The van der Waals surface area contributed by atoms with Crippen molar-refractivity contribution in [2.24, 2.45) is 0 Å². The van der Waals surface area contributed by atoms with Gasteiger partial charge in [0.05, 0.1) is 12.3 Å². The minimum Gasteiger partial charge on any atom is -0.392 e. The molecule has 1 atom stereocenters. The number of thioether (sulfide) groups is 1. The van der Waals surface area contributed by atoms with E-state index in [0.29, 0.717) is 17.1 Å². The molecule has 3 aromatic rings. The summed E-state index contributed by atoms with van der Waals surface area (Å²) in [6, 6.07) is 15.7. The van der Waals surface area contributed by atoms with Crippen molar-refractivity contribution in [3.8, 4) is 11.3 Å². The van der Waals surface area contributed by atoms with Crippen LogP contribution < -0.4 is 10.6 Å². The van der Waals surface area contributed by atoms with Gasteiger partial charge in [0.1, 0.15) is 6.04 Å². The van der Waals surface area contributed by atoms with E-state index in [4.69, 9.17) is 5.11 Å². The normalized spacial score (nSPS) is 11.7. The number of hydrogen-bond acceptors (Lipinski definition) is 6. The van der Waals surface area contributed by atoms with Gasteiger partial charge in [0.2, 0.25) is 5.91 Å². The number of rotatable bonds is 9. The van der Waals surface area contributed by atoms with E-state index in [1.54, 1.807) is 36.0 Å². The van der Waals surface area contributed by atoms with Crippen molar-refractivity contribution in [1.82, 2.24) is 10.3 Å². The molecule has 0 spiro atoms. The van der Waals surface area contributed by atoms with Crippen LogP contribution in [-0.2, 0) is 11.4 Å². The second kappa shape index (κ2) is 10.9. The Morgan fingerprint density at radius 3 is 2.53 bits per heavy atom. The molecule has 156 valence electrons. The first-order valence-electron chi connectivity index (χ1n) is 9.42. The summed E-state index contributed by atoms with van der Waals surface area (Å²) in [7, 11) is 0. The van der Waals surface area contributed by atoms with Gasteiger partial charge in [-0.25, -0.2) is 4.98 Å². The Balaban J connectivity index is 1.67. The lowest BCUT2D eigenvalue weighted by atomic mass is 10.1. The summed E-state index contributed by atoms with van der Waals surface area (Å²) >= 11 is 2.96. The van der Waals surface area contributed by atoms with Gasteiger partial charge in [-0.1, -0.05) is 42.5 Å². The molecule has 8 heteroatoms. The molecule has 0 aliphatic carbocycles. The van der Waals surface area contributed by atoms with Gasteiger partial charge < -0.3 is 15.7 Å². The first-order chi connectivity index (χ1) is 14.6. The summed E-state index contributed by atoms with van der Waals surface area (Å²) in [5.41, 5.74) is 2.94. The number of aromatic nitrogens is 1. The fraction of sp³-hybridized carbons (Fsp3) is 0.227. The third kappa shape index (κ3) is 5.91. The number of benzene rings is 2. The first-order valence-corrected chi connectivity index (χ1v) is 11.7. The van der Waals surface area contributed by atoms with Gasteiger partial charge in [-0.2, -0.15) is 11.8 Å². The number of hydrogen-bond donors (Lipinski definition) is 3. The SMILES string of the molecule is CSCCC(NC(=O)c1ccc(CO)cc1)C(=O)Nc1nc(-c2ccccc2)cs1. The number of anilines is 1. The summed E-state index contributed by atoms with van der Waals surface area (Å²) in [4.78, 5) is 29.9. The van der Waals surface area contributed by atoms with Crippen LogP contribution in [0.15, 0.2) is 60.0 Å². The summed E-state index contributed by atoms with van der Waals surface area (Å²) in [5, 5.41) is 17.2. The highest BCUT2D eigenvalue weighted by Crippen LogP contribution is 2.24. The molecule has 2 aromatic carbocycles. The lowest BCUT2D eigenvalue weighted by Crippen LogP contribution is -2.44. The van der Waals surface area contributed by atoms with Crippen LogP contribution in [0.3, 0.4) is 0 Å². The molecule has 1 aromatic heterocycles. The van der Waals surface area contributed by atoms with E-state index in [1.165, 1.54) is 11.3 Å². The number of nitrogens with one attached hydrogen (secondary N) is 2. The Morgan fingerprint density at radius 2 is 1.87 bits per heavy atom. The van der Waals surface area contributed by atoms with Gasteiger partial charge >= 0.3 is 0 Å². The highest BCUT2D eigenvalue weighted by molar-refractivity contribution is 7.98. The highest BCUT2D eigenvalue weighted by atomic mass is 32.2. The zero-order valence-electron chi connectivity index (χ0n) is 16.5. The molecule has 2 amide bonds. The number of aliphatic hydroxyl groups is 1. The quantitative estimate of drug-likeness (QED) is 0.470. The Labute approximate surface area is 183 Å². The van der Waals surface area contributed by atoms with Crippen molar-refractivity contribution in [2.75, 3.05) is 17.3 Å². The van der Waals surface area contributed by atoms with Crippen molar-refractivity contribution in [1.29, 1.82) is 0 Å². The predicted molar refractivity (Wildman–Crippen MR) is 123 cm³/mol. The van der Waals surface area contributed by atoms with Crippen molar-refractivity contribution in [3.05, 3.63) is 71.1 Å².